The number of benzene rings is 3. The van der Waals surface area contributed by atoms with E-state index in [-0.39, 0.29) is 11.9 Å². The molecule has 41 heavy (non-hydrogen) atoms. The van der Waals surface area contributed by atoms with Crippen molar-refractivity contribution < 1.29 is 4.79 Å². The number of aromatic nitrogens is 1. The van der Waals surface area contributed by atoms with E-state index in [1.807, 2.05) is 36.4 Å². The first-order chi connectivity index (χ1) is 20.2. The summed E-state index contributed by atoms with van der Waals surface area (Å²) in [7, 11) is 0. The Kier molecular flexibility index (Phi) is 6.90. The highest BCUT2D eigenvalue weighted by atomic mass is 16.2. The Morgan fingerprint density at radius 3 is 2.46 bits per heavy atom. The van der Waals surface area contributed by atoms with Crippen molar-refractivity contribution in [1.82, 2.24) is 14.8 Å². The standard InChI is InChI=1S/C35H35N5O/c36-22-25-9-11-27(12-10-25)28-13-14-33-31(20-28)32(35(41)40-18-5-8-30(40)24-38-16-3-4-17-38)21-34(37-33)39-19-15-26-6-1-2-7-29(26)23-39/h1-2,6-7,9-14,20-21,30H,3-5,8,15-19,23-24H2/t30-/m0/s1. The summed E-state index contributed by atoms with van der Waals surface area (Å²) < 4.78 is 0. The Balaban J connectivity index is 1.29. The average Bonchev–Trinajstić information content (AvgIpc) is 3.72. The van der Waals surface area contributed by atoms with Crippen LogP contribution in [0, 0.1) is 11.3 Å². The fourth-order valence-corrected chi connectivity index (χ4v) is 6.87. The van der Waals surface area contributed by atoms with Gasteiger partial charge in [0.15, 0.2) is 0 Å². The van der Waals surface area contributed by atoms with Gasteiger partial charge in [-0.25, -0.2) is 4.98 Å². The molecule has 1 atom stereocenters. The zero-order valence-corrected chi connectivity index (χ0v) is 23.4. The number of pyridine rings is 1. The minimum Gasteiger partial charge on any atom is -0.352 e. The summed E-state index contributed by atoms with van der Waals surface area (Å²) in [4.78, 5) is 26.5. The molecule has 1 amide bonds. The lowest BCUT2D eigenvalue weighted by Crippen LogP contribution is -2.42. The summed E-state index contributed by atoms with van der Waals surface area (Å²) in [5.41, 5.74) is 6.99. The average molecular weight is 542 g/mol. The molecule has 1 aromatic heterocycles. The smallest absolute Gasteiger partial charge is 0.254 e. The third-order valence-corrected chi connectivity index (χ3v) is 9.13. The topological polar surface area (TPSA) is 63.5 Å². The Labute approximate surface area is 241 Å². The maximum Gasteiger partial charge on any atom is 0.254 e. The van der Waals surface area contributed by atoms with Crippen LogP contribution in [0.1, 0.15) is 52.7 Å². The van der Waals surface area contributed by atoms with Crippen LogP contribution in [-0.4, -0.2) is 59.5 Å². The van der Waals surface area contributed by atoms with Crippen molar-refractivity contribution in [3.05, 3.63) is 95.1 Å². The van der Waals surface area contributed by atoms with Crippen molar-refractivity contribution in [1.29, 1.82) is 5.26 Å². The lowest BCUT2D eigenvalue weighted by Gasteiger charge is -2.31. The van der Waals surface area contributed by atoms with Crippen LogP contribution in [0.5, 0.6) is 0 Å². The fraction of sp³-hybridized carbons (Fsp3) is 0.343. The zero-order valence-electron chi connectivity index (χ0n) is 23.4. The number of carbonyl (C=O) groups excluding carboxylic acids is 1. The molecule has 2 saturated heterocycles. The van der Waals surface area contributed by atoms with Crippen LogP contribution in [0.2, 0.25) is 0 Å². The quantitative estimate of drug-likeness (QED) is 0.308. The maximum atomic E-state index is 14.4. The second kappa shape index (κ2) is 11.0. The third-order valence-electron chi connectivity index (χ3n) is 9.13. The molecule has 2 fully saturated rings. The van der Waals surface area contributed by atoms with E-state index in [2.05, 4.69) is 57.2 Å². The number of carbonyl (C=O) groups is 1. The second-order valence-corrected chi connectivity index (χ2v) is 11.7. The molecule has 4 aromatic rings. The monoisotopic (exact) mass is 541 g/mol. The molecule has 0 radical (unpaired) electrons. The highest BCUT2D eigenvalue weighted by Gasteiger charge is 2.33. The van der Waals surface area contributed by atoms with Crippen LogP contribution in [0.4, 0.5) is 5.82 Å². The van der Waals surface area contributed by atoms with Gasteiger partial charge in [-0.1, -0.05) is 42.5 Å². The molecule has 3 aliphatic heterocycles. The number of likely N-dealkylation sites (tertiary alicyclic amines) is 2. The number of nitriles is 1. The van der Waals surface area contributed by atoms with E-state index in [0.29, 0.717) is 5.56 Å². The Morgan fingerprint density at radius 2 is 1.66 bits per heavy atom. The third kappa shape index (κ3) is 5.07. The van der Waals surface area contributed by atoms with E-state index in [1.165, 1.54) is 24.0 Å². The van der Waals surface area contributed by atoms with Gasteiger partial charge >= 0.3 is 0 Å². The van der Waals surface area contributed by atoms with Gasteiger partial charge in [-0.3, -0.25) is 4.79 Å². The molecule has 7 rings (SSSR count). The number of hydrogen-bond donors (Lipinski definition) is 0. The number of anilines is 1. The van der Waals surface area contributed by atoms with Gasteiger partial charge in [-0.2, -0.15) is 5.26 Å². The van der Waals surface area contributed by atoms with E-state index < -0.39 is 0 Å². The van der Waals surface area contributed by atoms with Crippen molar-refractivity contribution >= 4 is 22.6 Å². The number of fused-ring (bicyclic) bond motifs is 2. The number of rotatable bonds is 5. The van der Waals surface area contributed by atoms with Crippen LogP contribution < -0.4 is 4.90 Å². The molecule has 0 aliphatic carbocycles. The Hall–Kier alpha value is -4.21. The molecule has 206 valence electrons. The molecule has 3 aliphatic rings. The summed E-state index contributed by atoms with van der Waals surface area (Å²) >= 11 is 0. The molecule has 6 nitrogen and oxygen atoms in total. The van der Waals surface area contributed by atoms with Gasteiger partial charge in [0, 0.05) is 37.6 Å². The van der Waals surface area contributed by atoms with E-state index in [9.17, 15) is 10.1 Å². The minimum atomic E-state index is 0.120. The minimum absolute atomic E-state index is 0.120. The summed E-state index contributed by atoms with van der Waals surface area (Å²) in [6.45, 7) is 5.75. The summed E-state index contributed by atoms with van der Waals surface area (Å²) in [6.07, 6.45) is 5.62. The van der Waals surface area contributed by atoms with E-state index in [1.54, 1.807) is 0 Å². The Bertz CT molecular complexity index is 1630. The van der Waals surface area contributed by atoms with Crippen molar-refractivity contribution in [2.45, 2.75) is 44.7 Å². The molecule has 6 heteroatoms. The summed E-state index contributed by atoms with van der Waals surface area (Å²) in [5, 5.41) is 10.1. The largest absolute Gasteiger partial charge is 0.352 e. The van der Waals surface area contributed by atoms with Gasteiger partial charge in [0.2, 0.25) is 0 Å². The van der Waals surface area contributed by atoms with Crippen LogP contribution in [-0.2, 0) is 13.0 Å². The SMILES string of the molecule is N#Cc1ccc(-c2ccc3nc(N4CCc5ccccc5C4)cc(C(=O)N4CCC[C@H]4CN4CCCC4)c3c2)cc1. The number of hydrogen-bond acceptors (Lipinski definition) is 5. The molecule has 0 bridgehead atoms. The van der Waals surface area contributed by atoms with Gasteiger partial charge < -0.3 is 14.7 Å². The highest BCUT2D eigenvalue weighted by molar-refractivity contribution is 6.08. The van der Waals surface area contributed by atoms with E-state index in [0.717, 1.165) is 91.9 Å². The predicted octanol–water partition coefficient (Wildman–Crippen LogP) is 6.04. The van der Waals surface area contributed by atoms with Gasteiger partial charge in [-0.15, -0.1) is 0 Å². The Morgan fingerprint density at radius 1 is 0.878 bits per heavy atom. The van der Waals surface area contributed by atoms with Crippen LogP contribution >= 0.6 is 0 Å². The van der Waals surface area contributed by atoms with Gasteiger partial charge in [-0.05, 0) is 97.8 Å². The van der Waals surface area contributed by atoms with Crippen molar-refractivity contribution in [3.63, 3.8) is 0 Å². The van der Waals surface area contributed by atoms with E-state index in [4.69, 9.17) is 4.98 Å². The first-order valence-corrected chi connectivity index (χ1v) is 15.0. The molecule has 3 aromatic carbocycles. The molecule has 0 saturated carbocycles. The summed E-state index contributed by atoms with van der Waals surface area (Å²) in [5.74, 6) is 0.992. The normalized spacial score (nSPS) is 19.0. The van der Waals surface area contributed by atoms with Crippen LogP contribution in [0.3, 0.4) is 0 Å². The van der Waals surface area contributed by atoms with E-state index >= 15 is 0 Å². The first-order valence-electron chi connectivity index (χ1n) is 15.0. The number of amides is 1. The highest BCUT2D eigenvalue weighted by Crippen LogP contribution is 2.33. The van der Waals surface area contributed by atoms with Crippen molar-refractivity contribution in [2.24, 2.45) is 0 Å². The first kappa shape index (κ1) is 25.7. The second-order valence-electron chi connectivity index (χ2n) is 11.7. The van der Waals surface area contributed by atoms with Crippen LogP contribution in [0.15, 0.2) is 72.8 Å². The molecule has 0 unspecified atom stereocenters. The van der Waals surface area contributed by atoms with Gasteiger partial charge in [0.05, 0.1) is 22.7 Å². The summed E-state index contributed by atoms with van der Waals surface area (Å²) in [6, 6.07) is 27.0. The molecule has 0 spiro atoms. The lowest BCUT2D eigenvalue weighted by molar-refractivity contribution is 0.0710. The maximum absolute atomic E-state index is 14.4. The zero-order chi connectivity index (χ0) is 27.8. The number of nitrogens with zero attached hydrogens (tertiary/aromatic N) is 5. The molecule has 4 heterocycles. The fourth-order valence-electron chi connectivity index (χ4n) is 6.87. The molecular formula is C35H35N5O. The predicted molar refractivity (Wildman–Crippen MR) is 163 cm³/mol. The van der Waals surface area contributed by atoms with Gasteiger partial charge in [0.1, 0.15) is 5.82 Å². The van der Waals surface area contributed by atoms with Crippen molar-refractivity contribution in [3.8, 4) is 17.2 Å². The van der Waals surface area contributed by atoms with Gasteiger partial charge in [0.25, 0.3) is 5.91 Å². The van der Waals surface area contributed by atoms with Crippen molar-refractivity contribution in [2.75, 3.05) is 37.6 Å². The molecule has 0 N–H and O–H groups in total. The van der Waals surface area contributed by atoms with Crippen LogP contribution in [0.25, 0.3) is 22.0 Å². The molecular weight excluding hydrogens is 506 g/mol. The lowest BCUT2D eigenvalue weighted by atomic mass is 9.98.